The summed E-state index contributed by atoms with van der Waals surface area (Å²) in [5.41, 5.74) is 12.3. The van der Waals surface area contributed by atoms with Gasteiger partial charge in [-0.2, -0.15) is 0 Å². The summed E-state index contributed by atoms with van der Waals surface area (Å²) in [6.07, 6.45) is 0. The number of hydrogen-bond acceptors (Lipinski definition) is 4. The Labute approximate surface area is 255 Å². The number of benzene rings is 5. The van der Waals surface area contributed by atoms with Crippen LogP contribution in [0.2, 0.25) is 0 Å². The molecule has 2 aromatic heterocycles. The maximum absolute atomic E-state index is 5.30. The second kappa shape index (κ2) is 10.1. The molecule has 7 aromatic rings. The summed E-state index contributed by atoms with van der Waals surface area (Å²) in [7, 11) is 0. The van der Waals surface area contributed by atoms with E-state index in [0.717, 1.165) is 66.9 Å². The van der Waals surface area contributed by atoms with E-state index in [9.17, 15) is 0 Å². The van der Waals surface area contributed by atoms with Crippen LogP contribution in [0.15, 0.2) is 139 Å². The molecule has 0 aliphatic carbocycles. The standard InChI is InChI=1S/C38H28N4S/c1-38(2)29-23-22-28(34-33(25-14-6-3-7-15-25)39-30-20-12-13-21-31(30)40-34)24-32(29)42-36(27-18-10-5-11-19-27)35(41-37(42)43-38)26-16-8-4-9-17-26/h3-24H,1-2H3. The number of nitrogens with zero attached hydrogens (tertiary/aromatic N) is 4. The van der Waals surface area contributed by atoms with E-state index in [1.807, 2.05) is 42.1 Å². The van der Waals surface area contributed by atoms with E-state index in [1.54, 1.807) is 0 Å². The van der Waals surface area contributed by atoms with Crippen molar-refractivity contribution in [3.05, 3.63) is 139 Å². The molecule has 0 unspecified atom stereocenters. The first kappa shape index (κ1) is 25.7. The van der Waals surface area contributed by atoms with E-state index in [2.05, 4.69) is 122 Å². The number of imidazole rings is 1. The van der Waals surface area contributed by atoms with Crippen LogP contribution in [0.5, 0.6) is 0 Å². The molecular weight excluding hydrogens is 545 g/mol. The molecule has 1 aliphatic heterocycles. The fraction of sp³-hybridized carbons (Fsp3) is 0.0789. The quantitative estimate of drug-likeness (QED) is 0.211. The minimum atomic E-state index is -0.172. The van der Waals surface area contributed by atoms with Gasteiger partial charge in [0.2, 0.25) is 0 Å². The second-order valence-electron chi connectivity index (χ2n) is 11.3. The van der Waals surface area contributed by atoms with E-state index in [1.165, 1.54) is 5.56 Å². The maximum Gasteiger partial charge on any atom is 0.174 e. The van der Waals surface area contributed by atoms with Crippen molar-refractivity contribution >= 4 is 22.8 Å². The lowest BCUT2D eigenvalue weighted by molar-refractivity contribution is 0.724. The van der Waals surface area contributed by atoms with Crippen LogP contribution in [0.1, 0.15) is 19.4 Å². The van der Waals surface area contributed by atoms with Crippen LogP contribution in [0.4, 0.5) is 0 Å². The van der Waals surface area contributed by atoms with E-state index in [0.29, 0.717) is 0 Å². The van der Waals surface area contributed by atoms with Gasteiger partial charge >= 0.3 is 0 Å². The predicted octanol–water partition coefficient (Wildman–Crippen LogP) is 9.82. The number of fused-ring (bicyclic) bond motifs is 4. The smallest absolute Gasteiger partial charge is 0.174 e. The van der Waals surface area contributed by atoms with Crippen LogP contribution < -0.4 is 0 Å². The van der Waals surface area contributed by atoms with Crippen molar-refractivity contribution in [2.45, 2.75) is 23.8 Å². The Hall–Kier alpha value is -5.00. The zero-order valence-electron chi connectivity index (χ0n) is 23.9. The van der Waals surface area contributed by atoms with Gasteiger partial charge in [-0.3, -0.25) is 4.57 Å². The van der Waals surface area contributed by atoms with E-state index in [-0.39, 0.29) is 4.75 Å². The molecule has 0 amide bonds. The van der Waals surface area contributed by atoms with Crippen LogP contribution in [0.25, 0.3) is 61.8 Å². The van der Waals surface area contributed by atoms with Gasteiger partial charge in [-0.1, -0.05) is 127 Å². The zero-order valence-corrected chi connectivity index (χ0v) is 24.7. The van der Waals surface area contributed by atoms with Gasteiger partial charge in [0.25, 0.3) is 0 Å². The van der Waals surface area contributed by atoms with Crippen molar-refractivity contribution in [1.82, 2.24) is 19.5 Å². The molecule has 1 aliphatic rings. The summed E-state index contributed by atoms with van der Waals surface area (Å²) in [4.78, 5) is 15.6. The SMILES string of the molecule is CC1(C)Sc2nc(-c3ccccc3)c(-c3ccccc3)n2-c2cc(-c3nc4ccccc4nc3-c3ccccc3)ccc21. The van der Waals surface area contributed by atoms with Gasteiger partial charge in [0, 0.05) is 27.0 Å². The molecule has 0 radical (unpaired) electrons. The monoisotopic (exact) mass is 572 g/mol. The van der Waals surface area contributed by atoms with Gasteiger partial charge in [0.05, 0.1) is 39.5 Å². The highest BCUT2D eigenvalue weighted by atomic mass is 32.2. The van der Waals surface area contributed by atoms with Gasteiger partial charge < -0.3 is 0 Å². The van der Waals surface area contributed by atoms with Crippen molar-refractivity contribution in [2.75, 3.05) is 0 Å². The van der Waals surface area contributed by atoms with Crippen LogP contribution in [0, 0.1) is 0 Å². The fourth-order valence-corrected chi connectivity index (χ4v) is 7.16. The Kier molecular flexibility index (Phi) is 6.02. The Morgan fingerprint density at radius 3 is 1.63 bits per heavy atom. The molecule has 5 heteroatoms. The number of para-hydroxylation sites is 2. The molecule has 0 saturated heterocycles. The van der Waals surface area contributed by atoms with Gasteiger partial charge in [0.1, 0.15) is 0 Å². The molecule has 3 heterocycles. The van der Waals surface area contributed by atoms with Gasteiger partial charge in [-0.25, -0.2) is 15.0 Å². The molecular formula is C38H28N4S. The molecule has 0 saturated carbocycles. The van der Waals surface area contributed by atoms with Crippen molar-refractivity contribution in [3.63, 3.8) is 0 Å². The van der Waals surface area contributed by atoms with E-state index < -0.39 is 0 Å². The first-order valence-electron chi connectivity index (χ1n) is 14.5. The summed E-state index contributed by atoms with van der Waals surface area (Å²) in [5, 5.41) is 0.986. The van der Waals surface area contributed by atoms with Crippen LogP contribution in [0.3, 0.4) is 0 Å². The van der Waals surface area contributed by atoms with Gasteiger partial charge in [0.15, 0.2) is 5.16 Å². The topological polar surface area (TPSA) is 43.6 Å². The Bertz CT molecular complexity index is 2120. The van der Waals surface area contributed by atoms with Crippen molar-refractivity contribution in [2.24, 2.45) is 0 Å². The minimum Gasteiger partial charge on any atom is -0.286 e. The average Bonchev–Trinajstić information content (AvgIpc) is 3.44. The van der Waals surface area contributed by atoms with E-state index >= 15 is 0 Å². The summed E-state index contributed by atoms with van der Waals surface area (Å²) >= 11 is 1.81. The number of thioether (sulfide) groups is 1. The van der Waals surface area contributed by atoms with Crippen molar-refractivity contribution < 1.29 is 0 Å². The molecule has 206 valence electrons. The lowest BCUT2D eigenvalue weighted by Gasteiger charge is -2.33. The highest BCUT2D eigenvalue weighted by Gasteiger charge is 2.36. The largest absolute Gasteiger partial charge is 0.286 e. The first-order valence-corrected chi connectivity index (χ1v) is 15.3. The molecule has 0 spiro atoms. The van der Waals surface area contributed by atoms with Gasteiger partial charge in [-0.05, 0) is 37.6 Å². The average molecular weight is 573 g/mol. The van der Waals surface area contributed by atoms with Gasteiger partial charge in [-0.15, -0.1) is 0 Å². The number of hydrogen-bond donors (Lipinski definition) is 0. The summed E-state index contributed by atoms with van der Waals surface area (Å²) in [6, 6.07) is 46.3. The third-order valence-corrected chi connectivity index (χ3v) is 9.25. The number of aromatic nitrogens is 4. The Balaban J connectivity index is 1.42. The Morgan fingerprint density at radius 2 is 1.02 bits per heavy atom. The molecule has 43 heavy (non-hydrogen) atoms. The summed E-state index contributed by atoms with van der Waals surface area (Å²) < 4.78 is 2.18. The zero-order chi connectivity index (χ0) is 29.0. The second-order valence-corrected chi connectivity index (χ2v) is 12.9. The van der Waals surface area contributed by atoms with E-state index in [4.69, 9.17) is 15.0 Å². The molecule has 8 rings (SSSR count). The summed E-state index contributed by atoms with van der Waals surface area (Å²) in [6.45, 7) is 4.56. The van der Waals surface area contributed by atoms with Crippen molar-refractivity contribution in [1.29, 1.82) is 0 Å². The molecule has 0 bridgehead atoms. The highest BCUT2D eigenvalue weighted by Crippen LogP contribution is 2.52. The first-order chi connectivity index (χ1) is 21.1. The molecule has 5 aromatic carbocycles. The summed E-state index contributed by atoms with van der Waals surface area (Å²) in [5.74, 6) is 0. The Morgan fingerprint density at radius 1 is 0.512 bits per heavy atom. The lowest BCUT2D eigenvalue weighted by Crippen LogP contribution is -2.22. The van der Waals surface area contributed by atoms with Crippen molar-refractivity contribution in [3.8, 4) is 50.7 Å². The molecule has 0 atom stereocenters. The fourth-order valence-electron chi connectivity index (χ4n) is 6.01. The number of rotatable bonds is 4. The normalized spacial score (nSPS) is 13.4. The minimum absolute atomic E-state index is 0.172. The molecule has 0 N–H and O–H groups in total. The van der Waals surface area contributed by atoms with Crippen LogP contribution in [-0.4, -0.2) is 19.5 Å². The maximum atomic E-state index is 5.30. The third-order valence-electron chi connectivity index (χ3n) is 8.07. The molecule has 0 fully saturated rings. The van der Waals surface area contributed by atoms with Crippen LogP contribution >= 0.6 is 11.8 Å². The third kappa shape index (κ3) is 4.36. The highest BCUT2D eigenvalue weighted by molar-refractivity contribution is 8.00. The molecule has 4 nitrogen and oxygen atoms in total. The van der Waals surface area contributed by atoms with Crippen LogP contribution in [-0.2, 0) is 4.75 Å². The lowest BCUT2D eigenvalue weighted by atomic mass is 9.95. The predicted molar refractivity (Wildman–Crippen MR) is 177 cm³/mol.